The minimum absolute atomic E-state index is 0.186. The number of carboxylic acids is 1. The number of hydrogen-bond acceptors (Lipinski definition) is 3. The van der Waals surface area contributed by atoms with Crippen molar-refractivity contribution in [2.24, 2.45) is 11.8 Å². The van der Waals surface area contributed by atoms with Crippen molar-refractivity contribution in [2.75, 3.05) is 6.54 Å². The van der Waals surface area contributed by atoms with Crippen molar-refractivity contribution in [1.29, 1.82) is 0 Å². The van der Waals surface area contributed by atoms with Crippen LogP contribution in [0.15, 0.2) is 21.2 Å². The lowest BCUT2D eigenvalue weighted by atomic mass is 9.79. The third kappa shape index (κ3) is 3.59. The van der Waals surface area contributed by atoms with E-state index in [1.807, 2.05) is 12.1 Å². The normalized spacial score (nSPS) is 24.1. The molecule has 1 fully saturated rings. The Morgan fingerprint density at radius 2 is 2.22 bits per heavy atom. The number of rotatable bonds is 5. The second-order valence-corrected chi connectivity index (χ2v) is 5.61. The highest BCUT2D eigenvalue weighted by atomic mass is 79.9. The van der Waals surface area contributed by atoms with E-state index in [1.54, 1.807) is 0 Å². The third-order valence-electron chi connectivity index (χ3n) is 3.56. The number of nitrogens with one attached hydrogen (secondary N) is 1. The number of furan rings is 1. The standard InChI is InChI=1S/C13H18BrNO3/c14-12-6-5-10(18-12)8-15-7-9-3-1-2-4-11(9)13(16)17/h5-6,9,11,15H,1-4,7-8H2,(H,16,17). The summed E-state index contributed by atoms with van der Waals surface area (Å²) in [5.74, 6) is 0.274. The van der Waals surface area contributed by atoms with E-state index in [-0.39, 0.29) is 11.8 Å². The van der Waals surface area contributed by atoms with Crippen LogP contribution in [0.1, 0.15) is 31.4 Å². The molecule has 2 rings (SSSR count). The van der Waals surface area contributed by atoms with Gasteiger partial charge in [-0.05, 0) is 53.4 Å². The summed E-state index contributed by atoms with van der Waals surface area (Å²) in [6.07, 6.45) is 4.00. The minimum Gasteiger partial charge on any atom is -0.481 e. The molecule has 5 heteroatoms. The maximum Gasteiger partial charge on any atom is 0.306 e. The summed E-state index contributed by atoms with van der Waals surface area (Å²) < 4.78 is 6.11. The molecule has 4 nitrogen and oxygen atoms in total. The van der Waals surface area contributed by atoms with Crippen LogP contribution >= 0.6 is 15.9 Å². The Morgan fingerprint density at radius 3 is 2.89 bits per heavy atom. The lowest BCUT2D eigenvalue weighted by Crippen LogP contribution is -2.34. The van der Waals surface area contributed by atoms with Crippen LogP contribution in [-0.4, -0.2) is 17.6 Å². The summed E-state index contributed by atoms with van der Waals surface area (Å²) in [5.41, 5.74) is 0. The maximum absolute atomic E-state index is 11.1. The summed E-state index contributed by atoms with van der Waals surface area (Å²) >= 11 is 3.26. The van der Waals surface area contributed by atoms with E-state index >= 15 is 0 Å². The molecule has 18 heavy (non-hydrogen) atoms. The van der Waals surface area contributed by atoms with Crippen LogP contribution in [0.25, 0.3) is 0 Å². The largest absolute Gasteiger partial charge is 0.481 e. The minimum atomic E-state index is -0.651. The average Bonchev–Trinajstić information content (AvgIpc) is 2.75. The van der Waals surface area contributed by atoms with Gasteiger partial charge in [0.15, 0.2) is 4.67 Å². The molecule has 1 aliphatic carbocycles. The topological polar surface area (TPSA) is 62.5 Å². The van der Waals surface area contributed by atoms with Gasteiger partial charge < -0.3 is 14.8 Å². The van der Waals surface area contributed by atoms with Crippen molar-refractivity contribution in [3.63, 3.8) is 0 Å². The third-order valence-corrected chi connectivity index (χ3v) is 3.99. The molecule has 1 aliphatic rings. The van der Waals surface area contributed by atoms with Crippen LogP contribution in [-0.2, 0) is 11.3 Å². The molecule has 2 unspecified atom stereocenters. The second kappa shape index (κ2) is 6.38. The Labute approximate surface area is 115 Å². The van der Waals surface area contributed by atoms with Gasteiger partial charge in [-0.1, -0.05) is 12.8 Å². The van der Waals surface area contributed by atoms with Crippen LogP contribution in [0.5, 0.6) is 0 Å². The molecule has 2 atom stereocenters. The van der Waals surface area contributed by atoms with Gasteiger partial charge in [-0.25, -0.2) is 0 Å². The summed E-state index contributed by atoms with van der Waals surface area (Å²) in [7, 11) is 0. The number of carbonyl (C=O) groups is 1. The van der Waals surface area contributed by atoms with Gasteiger partial charge in [0.1, 0.15) is 5.76 Å². The molecule has 1 aromatic heterocycles. The average molecular weight is 316 g/mol. The van der Waals surface area contributed by atoms with Crippen molar-refractivity contribution in [1.82, 2.24) is 5.32 Å². The molecule has 100 valence electrons. The van der Waals surface area contributed by atoms with Crippen LogP contribution in [0.3, 0.4) is 0 Å². The Morgan fingerprint density at radius 1 is 1.44 bits per heavy atom. The van der Waals surface area contributed by atoms with Gasteiger partial charge in [0.2, 0.25) is 0 Å². The van der Waals surface area contributed by atoms with E-state index in [4.69, 9.17) is 4.42 Å². The molecule has 0 spiro atoms. The molecule has 1 aromatic rings. The molecule has 1 saturated carbocycles. The fourth-order valence-electron chi connectivity index (χ4n) is 2.60. The molecule has 1 heterocycles. The van der Waals surface area contributed by atoms with E-state index in [9.17, 15) is 9.90 Å². The first-order chi connectivity index (χ1) is 8.66. The first-order valence-electron chi connectivity index (χ1n) is 6.34. The molecule has 0 radical (unpaired) electrons. The molecule has 0 aromatic carbocycles. The van der Waals surface area contributed by atoms with Gasteiger partial charge in [-0.2, -0.15) is 0 Å². The monoisotopic (exact) mass is 315 g/mol. The summed E-state index contributed by atoms with van der Waals surface area (Å²) in [5, 5.41) is 12.5. The number of halogens is 1. The highest BCUT2D eigenvalue weighted by Gasteiger charge is 2.30. The fourth-order valence-corrected chi connectivity index (χ4v) is 2.94. The molecule has 2 N–H and O–H groups in total. The van der Waals surface area contributed by atoms with E-state index in [0.717, 1.165) is 42.7 Å². The van der Waals surface area contributed by atoms with E-state index in [0.29, 0.717) is 6.54 Å². The van der Waals surface area contributed by atoms with Gasteiger partial charge in [0.05, 0.1) is 12.5 Å². The van der Waals surface area contributed by atoms with Crippen LogP contribution < -0.4 is 5.32 Å². The molecule has 0 bridgehead atoms. The number of aliphatic carboxylic acids is 1. The number of carboxylic acid groups (broad SMARTS) is 1. The molecule has 0 saturated heterocycles. The summed E-state index contributed by atoms with van der Waals surface area (Å²) in [6.45, 7) is 1.39. The lowest BCUT2D eigenvalue weighted by molar-refractivity contribution is -0.144. The van der Waals surface area contributed by atoms with Crippen LogP contribution in [0.2, 0.25) is 0 Å². The van der Waals surface area contributed by atoms with E-state index in [2.05, 4.69) is 21.2 Å². The van der Waals surface area contributed by atoms with Crippen molar-refractivity contribution in [3.8, 4) is 0 Å². The SMILES string of the molecule is O=C(O)C1CCCCC1CNCc1ccc(Br)o1. The fraction of sp³-hybridized carbons (Fsp3) is 0.615. The number of hydrogen-bond donors (Lipinski definition) is 2. The quantitative estimate of drug-likeness (QED) is 0.876. The zero-order valence-electron chi connectivity index (χ0n) is 10.2. The Bertz CT molecular complexity index is 405. The maximum atomic E-state index is 11.1. The molecular formula is C13H18BrNO3. The molecule has 0 aliphatic heterocycles. The summed E-state index contributed by atoms with van der Waals surface area (Å²) in [6, 6.07) is 3.77. The Balaban J connectivity index is 1.79. The zero-order valence-corrected chi connectivity index (χ0v) is 11.8. The van der Waals surface area contributed by atoms with Crippen LogP contribution in [0.4, 0.5) is 0 Å². The van der Waals surface area contributed by atoms with Gasteiger partial charge >= 0.3 is 5.97 Å². The summed E-state index contributed by atoms with van der Waals surface area (Å²) in [4.78, 5) is 11.1. The smallest absolute Gasteiger partial charge is 0.306 e. The lowest BCUT2D eigenvalue weighted by Gasteiger charge is -2.28. The van der Waals surface area contributed by atoms with E-state index in [1.165, 1.54) is 0 Å². The van der Waals surface area contributed by atoms with E-state index < -0.39 is 5.97 Å². The Hall–Kier alpha value is -0.810. The first-order valence-corrected chi connectivity index (χ1v) is 7.14. The van der Waals surface area contributed by atoms with Gasteiger partial charge in [-0.3, -0.25) is 4.79 Å². The molecular weight excluding hydrogens is 298 g/mol. The van der Waals surface area contributed by atoms with Gasteiger partial charge in [-0.15, -0.1) is 0 Å². The highest BCUT2D eigenvalue weighted by Crippen LogP contribution is 2.29. The van der Waals surface area contributed by atoms with Crippen molar-refractivity contribution < 1.29 is 14.3 Å². The highest BCUT2D eigenvalue weighted by molar-refractivity contribution is 9.10. The van der Waals surface area contributed by atoms with Crippen molar-refractivity contribution >= 4 is 21.9 Å². The first kappa shape index (κ1) is 13.6. The Kier molecular flexibility index (Phi) is 4.83. The second-order valence-electron chi connectivity index (χ2n) is 4.83. The predicted octanol–water partition coefficient (Wildman–Crippen LogP) is 3.02. The predicted molar refractivity (Wildman–Crippen MR) is 71.2 cm³/mol. The molecule has 0 amide bonds. The van der Waals surface area contributed by atoms with Crippen LogP contribution in [0, 0.1) is 11.8 Å². The van der Waals surface area contributed by atoms with Crippen molar-refractivity contribution in [2.45, 2.75) is 32.2 Å². The van der Waals surface area contributed by atoms with Crippen molar-refractivity contribution in [3.05, 3.63) is 22.6 Å². The van der Waals surface area contributed by atoms with Gasteiger partial charge in [0.25, 0.3) is 0 Å². The zero-order chi connectivity index (χ0) is 13.0. The van der Waals surface area contributed by atoms with Gasteiger partial charge in [0, 0.05) is 0 Å².